The summed E-state index contributed by atoms with van der Waals surface area (Å²) < 4.78 is 1.46. The third kappa shape index (κ3) is 6.89. The van der Waals surface area contributed by atoms with E-state index < -0.39 is 11.0 Å². The van der Waals surface area contributed by atoms with Crippen LogP contribution >= 0.6 is 0 Å². The van der Waals surface area contributed by atoms with Crippen LogP contribution in [0.4, 0.5) is 0 Å². The number of piperazine rings is 1. The standard InChI is InChI=1S/C34H48N4O5/c1-33(2)23-36(30(40)14-13-25-9-5-3-6-10-25)17-15-34(33,43)24-37-21-29(32(42)38-18-16-35-20-27(38)22-39)28(19-31(37)41)26-11-7-4-8-12-26/h4,7-8,11-12,19,21,25,27,35,39,43H,3,5-6,9-10,13-18,20,22-24H2,1-2H3. The van der Waals surface area contributed by atoms with Crippen LogP contribution in [-0.2, 0) is 11.3 Å². The number of pyridine rings is 1. The van der Waals surface area contributed by atoms with Gasteiger partial charge in [0, 0.05) is 62.4 Å². The first-order valence-corrected chi connectivity index (χ1v) is 16.0. The fraction of sp³-hybridized carbons (Fsp3) is 0.618. The van der Waals surface area contributed by atoms with Gasteiger partial charge >= 0.3 is 0 Å². The summed E-state index contributed by atoms with van der Waals surface area (Å²) in [6, 6.07) is 10.5. The maximum Gasteiger partial charge on any atom is 0.256 e. The number of hydrogen-bond acceptors (Lipinski definition) is 6. The van der Waals surface area contributed by atoms with E-state index in [0.717, 1.165) is 12.0 Å². The van der Waals surface area contributed by atoms with Crippen molar-refractivity contribution < 1.29 is 19.8 Å². The summed E-state index contributed by atoms with van der Waals surface area (Å²) in [5.41, 5.74) is -0.577. The van der Waals surface area contributed by atoms with Crippen LogP contribution in [0.15, 0.2) is 47.4 Å². The molecule has 0 spiro atoms. The second-order valence-corrected chi connectivity index (χ2v) is 13.5. The number of aromatic nitrogens is 1. The number of piperidine rings is 1. The molecule has 1 aliphatic carbocycles. The molecular weight excluding hydrogens is 544 g/mol. The van der Waals surface area contributed by atoms with Gasteiger partial charge in [-0.1, -0.05) is 76.3 Å². The molecule has 2 atom stereocenters. The van der Waals surface area contributed by atoms with Crippen molar-refractivity contribution in [1.29, 1.82) is 0 Å². The van der Waals surface area contributed by atoms with Gasteiger partial charge < -0.3 is 29.9 Å². The zero-order valence-corrected chi connectivity index (χ0v) is 25.8. The van der Waals surface area contributed by atoms with E-state index in [0.29, 0.717) is 62.6 Å². The van der Waals surface area contributed by atoms with Gasteiger partial charge in [0.15, 0.2) is 0 Å². The molecule has 43 heavy (non-hydrogen) atoms. The molecule has 2 aliphatic heterocycles. The quantitative estimate of drug-likeness (QED) is 0.434. The van der Waals surface area contributed by atoms with E-state index in [2.05, 4.69) is 5.32 Å². The van der Waals surface area contributed by atoms with E-state index >= 15 is 0 Å². The van der Waals surface area contributed by atoms with Gasteiger partial charge in [-0.05, 0) is 24.3 Å². The number of aliphatic hydroxyl groups excluding tert-OH is 1. The Balaban J connectivity index is 1.38. The molecular formula is C34H48N4O5. The van der Waals surface area contributed by atoms with E-state index in [1.54, 1.807) is 11.1 Å². The molecule has 3 heterocycles. The Kier molecular flexibility index (Phi) is 9.73. The first-order valence-electron chi connectivity index (χ1n) is 16.0. The lowest BCUT2D eigenvalue weighted by Gasteiger charge is -2.50. The minimum absolute atomic E-state index is 0.0171. The fourth-order valence-corrected chi connectivity index (χ4v) is 7.18. The van der Waals surface area contributed by atoms with E-state index in [9.17, 15) is 24.6 Å². The Morgan fingerprint density at radius 2 is 1.81 bits per heavy atom. The monoisotopic (exact) mass is 592 g/mol. The van der Waals surface area contributed by atoms with Gasteiger partial charge in [0.2, 0.25) is 5.91 Å². The van der Waals surface area contributed by atoms with Crippen molar-refractivity contribution >= 4 is 11.8 Å². The van der Waals surface area contributed by atoms with E-state index in [1.807, 2.05) is 49.1 Å². The third-order valence-corrected chi connectivity index (χ3v) is 10.2. The van der Waals surface area contributed by atoms with Crippen LogP contribution < -0.4 is 10.9 Å². The predicted molar refractivity (Wildman–Crippen MR) is 167 cm³/mol. The van der Waals surface area contributed by atoms with Gasteiger partial charge in [-0.15, -0.1) is 0 Å². The van der Waals surface area contributed by atoms with Gasteiger partial charge in [0.05, 0.1) is 30.4 Å². The molecule has 234 valence electrons. The number of benzene rings is 1. The first kappa shape index (κ1) is 31.4. The maximum atomic E-state index is 14.0. The Morgan fingerprint density at radius 3 is 2.51 bits per heavy atom. The number of carbonyl (C=O) groups excluding carboxylic acids is 2. The molecule has 5 rings (SSSR count). The van der Waals surface area contributed by atoms with Crippen molar-refractivity contribution in [2.75, 3.05) is 39.3 Å². The van der Waals surface area contributed by atoms with Crippen molar-refractivity contribution in [1.82, 2.24) is 19.7 Å². The van der Waals surface area contributed by atoms with Gasteiger partial charge in [-0.3, -0.25) is 14.4 Å². The van der Waals surface area contributed by atoms with Crippen molar-refractivity contribution in [3.63, 3.8) is 0 Å². The molecule has 2 amide bonds. The van der Waals surface area contributed by atoms with Crippen LogP contribution in [0, 0.1) is 11.3 Å². The molecule has 2 saturated heterocycles. The smallest absolute Gasteiger partial charge is 0.256 e. The molecule has 0 radical (unpaired) electrons. The van der Waals surface area contributed by atoms with E-state index in [-0.39, 0.29) is 36.6 Å². The summed E-state index contributed by atoms with van der Waals surface area (Å²) in [5, 5.41) is 25.2. The van der Waals surface area contributed by atoms with E-state index in [1.165, 1.54) is 42.7 Å². The number of aliphatic hydroxyl groups is 2. The second kappa shape index (κ2) is 13.3. The highest BCUT2D eigenvalue weighted by Gasteiger charge is 2.49. The van der Waals surface area contributed by atoms with Crippen LogP contribution in [-0.4, -0.2) is 87.4 Å². The summed E-state index contributed by atoms with van der Waals surface area (Å²) in [6.45, 7) is 6.16. The molecule has 3 N–H and O–H groups in total. The molecule has 2 unspecified atom stereocenters. The molecule has 3 aliphatic rings. The summed E-state index contributed by atoms with van der Waals surface area (Å²) in [4.78, 5) is 44.2. The highest BCUT2D eigenvalue weighted by molar-refractivity contribution is 6.00. The Hall–Kier alpha value is -3.01. The SMILES string of the molecule is CC1(C)CN(C(=O)CCC2CCCCC2)CCC1(O)Cn1cc(C(=O)N2CCNCC2CO)c(-c2ccccc2)cc1=O. The number of amides is 2. The van der Waals surface area contributed by atoms with E-state index in [4.69, 9.17) is 0 Å². The molecule has 0 bridgehead atoms. The van der Waals surface area contributed by atoms with Gasteiger partial charge in [0.25, 0.3) is 11.5 Å². The number of carbonyl (C=O) groups is 2. The molecule has 9 nitrogen and oxygen atoms in total. The lowest BCUT2D eigenvalue weighted by atomic mass is 9.69. The van der Waals surface area contributed by atoms with Crippen molar-refractivity contribution in [2.24, 2.45) is 11.3 Å². The lowest BCUT2D eigenvalue weighted by molar-refractivity contribution is -0.154. The normalized spacial score (nSPS) is 24.6. The van der Waals surface area contributed by atoms with Gasteiger partial charge in [-0.25, -0.2) is 0 Å². The second-order valence-electron chi connectivity index (χ2n) is 13.5. The minimum Gasteiger partial charge on any atom is -0.394 e. The lowest BCUT2D eigenvalue weighted by Crippen LogP contribution is -2.60. The Bertz CT molecular complexity index is 1340. The Morgan fingerprint density at radius 1 is 1.07 bits per heavy atom. The number of nitrogens with one attached hydrogen (secondary N) is 1. The van der Waals surface area contributed by atoms with Crippen molar-refractivity contribution in [3.05, 3.63) is 58.5 Å². The molecule has 9 heteroatoms. The number of likely N-dealkylation sites (tertiary alicyclic amines) is 1. The van der Waals surface area contributed by atoms with Crippen LogP contribution in [0.2, 0.25) is 0 Å². The highest BCUT2D eigenvalue weighted by atomic mass is 16.3. The molecule has 1 aromatic heterocycles. The average Bonchev–Trinajstić information content (AvgIpc) is 3.02. The molecule has 1 saturated carbocycles. The number of rotatable bonds is 8. The Labute approximate surface area is 254 Å². The summed E-state index contributed by atoms with van der Waals surface area (Å²) in [5.74, 6) is 0.536. The summed E-state index contributed by atoms with van der Waals surface area (Å²) in [7, 11) is 0. The average molecular weight is 593 g/mol. The largest absolute Gasteiger partial charge is 0.394 e. The van der Waals surface area contributed by atoms with Crippen molar-refractivity contribution in [2.45, 2.75) is 83.4 Å². The first-order chi connectivity index (χ1) is 20.6. The van der Waals surface area contributed by atoms with Crippen molar-refractivity contribution in [3.8, 4) is 11.1 Å². The third-order valence-electron chi connectivity index (χ3n) is 10.2. The van der Waals surface area contributed by atoms with Gasteiger partial charge in [0.1, 0.15) is 0 Å². The fourth-order valence-electron chi connectivity index (χ4n) is 7.18. The summed E-state index contributed by atoms with van der Waals surface area (Å²) in [6.07, 6.45) is 9.67. The topological polar surface area (TPSA) is 115 Å². The summed E-state index contributed by atoms with van der Waals surface area (Å²) >= 11 is 0. The molecule has 1 aromatic carbocycles. The van der Waals surface area contributed by atoms with Crippen LogP contribution in [0.25, 0.3) is 11.1 Å². The minimum atomic E-state index is -1.26. The maximum absolute atomic E-state index is 14.0. The zero-order valence-electron chi connectivity index (χ0n) is 25.8. The van der Waals surface area contributed by atoms with Crippen LogP contribution in [0.1, 0.15) is 75.6 Å². The van der Waals surface area contributed by atoms with Crippen LogP contribution in [0.3, 0.4) is 0 Å². The molecule has 3 fully saturated rings. The number of nitrogens with zero attached hydrogens (tertiary/aromatic N) is 3. The van der Waals surface area contributed by atoms with Gasteiger partial charge in [-0.2, -0.15) is 0 Å². The number of hydrogen-bond donors (Lipinski definition) is 3. The highest BCUT2D eigenvalue weighted by Crippen LogP contribution is 2.40. The molecule has 2 aromatic rings. The van der Waals surface area contributed by atoms with Crippen LogP contribution in [0.5, 0.6) is 0 Å². The predicted octanol–water partition coefficient (Wildman–Crippen LogP) is 3.27. The zero-order chi connectivity index (χ0) is 30.6.